The molecule has 0 unspecified atom stereocenters. The molecule has 2 saturated heterocycles. The minimum absolute atomic E-state index is 0.108. The second-order valence-electron chi connectivity index (χ2n) is 5.73. The Morgan fingerprint density at radius 3 is 3.04 bits per heavy atom. The molecule has 0 radical (unpaired) electrons. The Morgan fingerprint density at radius 2 is 2.36 bits per heavy atom. The van der Waals surface area contributed by atoms with Crippen molar-refractivity contribution in [1.29, 1.82) is 0 Å². The lowest BCUT2D eigenvalue weighted by atomic mass is 10.2. The first-order valence-corrected chi connectivity index (χ1v) is 10.3. The average molecular weight is 399 g/mol. The number of thiocarbonyl (C=S) groups is 1. The summed E-state index contributed by atoms with van der Waals surface area (Å²) in [7, 11) is 0. The van der Waals surface area contributed by atoms with Crippen LogP contribution in [0.15, 0.2) is 27.7 Å². The van der Waals surface area contributed by atoms with Crippen molar-refractivity contribution < 1.29 is 19.1 Å². The quantitative estimate of drug-likeness (QED) is 0.559. The van der Waals surface area contributed by atoms with E-state index >= 15 is 0 Å². The van der Waals surface area contributed by atoms with Gasteiger partial charge >= 0.3 is 0 Å². The van der Waals surface area contributed by atoms with E-state index in [1.54, 1.807) is 36.2 Å². The second-order valence-corrected chi connectivity index (χ2v) is 8.48. The van der Waals surface area contributed by atoms with Gasteiger partial charge in [-0.05, 0) is 18.6 Å². The van der Waals surface area contributed by atoms with Crippen LogP contribution in [0.3, 0.4) is 0 Å². The van der Waals surface area contributed by atoms with E-state index in [0.29, 0.717) is 40.1 Å². The third-order valence-electron chi connectivity index (χ3n) is 3.87. The van der Waals surface area contributed by atoms with Gasteiger partial charge in [-0.25, -0.2) is 0 Å². The molecule has 0 saturated carbocycles. The predicted octanol–water partition coefficient (Wildman–Crippen LogP) is 1.85. The number of aliphatic hydroxyl groups is 1. The van der Waals surface area contributed by atoms with Crippen LogP contribution >= 0.6 is 35.7 Å². The molecule has 2 fully saturated rings. The van der Waals surface area contributed by atoms with E-state index in [1.807, 2.05) is 0 Å². The van der Waals surface area contributed by atoms with Crippen LogP contribution in [0.4, 0.5) is 0 Å². The van der Waals surface area contributed by atoms with Crippen molar-refractivity contribution in [3.05, 3.63) is 29.1 Å². The molecule has 0 bridgehead atoms. The number of aliphatic hydroxyl groups excluding tert-OH is 1. The molecule has 2 aliphatic heterocycles. The number of furan rings is 1. The number of rotatable bonds is 6. The van der Waals surface area contributed by atoms with Crippen molar-refractivity contribution >= 4 is 58.0 Å². The first kappa shape index (κ1) is 18.5. The van der Waals surface area contributed by atoms with Crippen molar-refractivity contribution in [1.82, 2.24) is 10.2 Å². The Labute approximate surface area is 159 Å². The molecule has 2 atom stereocenters. The van der Waals surface area contributed by atoms with Crippen molar-refractivity contribution in [2.75, 3.05) is 18.1 Å². The molecular formula is C16H18N2O4S3. The Balaban J connectivity index is 1.47. The van der Waals surface area contributed by atoms with Gasteiger partial charge in [-0.2, -0.15) is 11.8 Å². The van der Waals surface area contributed by atoms with Gasteiger partial charge in [-0.3, -0.25) is 14.5 Å². The number of hydrogen-bond acceptors (Lipinski definition) is 7. The number of thioether (sulfide) groups is 2. The Hall–Kier alpha value is -1.29. The van der Waals surface area contributed by atoms with Gasteiger partial charge in [0.05, 0.1) is 23.3 Å². The molecule has 2 aliphatic rings. The number of hydrogen-bond donors (Lipinski definition) is 2. The van der Waals surface area contributed by atoms with Crippen LogP contribution in [0, 0.1) is 0 Å². The largest absolute Gasteiger partial charge is 0.465 e. The maximum atomic E-state index is 12.4. The van der Waals surface area contributed by atoms with E-state index in [4.69, 9.17) is 16.6 Å². The van der Waals surface area contributed by atoms with Gasteiger partial charge in [-0.1, -0.05) is 24.0 Å². The summed E-state index contributed by atoms with van der Waals surface area (Å²) in [5, 5.41) is 12.6. The zero-order valence-electron chi connectivity index (χ0n) is 13.3. The highest BCUT2D eigenvalue weighted by molar-refractivity contribution is 8.26. The van der Waals surface area contributed by atoms with Crippen LogP contribution in [0.25, 0.3) is 6.08 Å². The van der Waals surface area contributed by atoms with Gasteiger partial charge in [0.2, 0.25) is 5.91 Å². The summed E-state index contributed by atoms with van der Waals surface area (Å²) in [4.78, 5) is 26.4. The molecule has 0 spiro atoms. The van der Waals surface area contributed by atoms with E-state index in [-0.39, 0.29) is 17.9 Å². The molecule has 1 aromatic heterocycles. The summed E-state index contributed by atoms with van der Waals surface area (Å²) in [6, 6.07) is 3.35. The van der Waals surface area contributed by atoms with Gasteiger partial charge in [0.15, 0.2) is 0 Å². The Kier molecular flexibility index (Phi) is 6.21. The predicted molar refractivity (Wildman–Crippen MR) is 103 cm³/mol. The standard InChI is InChI=1S/C16H18N2O4S3/c19-12-9-24-8-11(12)17-14(20)4-1-5-18-15(21)13(25-16(18)23)7-10-3-2-6-22-10/h2-3,6-7,11-12,19H,1,4-5,8-9H2,(H,17,20)/b13-7-/t11-,12+/m1/s1. The summed E-state index contributed by atoms with van der Waals surface area (Å²) < 4.78 is 5.71. The fourth-order valence-electron chi connectivity index (χ4n) is 2.55. The van der Waals surface area contributed by atoms with E-state index in [1.165, 1.54) is 16.7 Å². The molecule has 0 aliphatic carbocycles. The summed E-state index contributed by atoms with van der Waals surface area (Å²) in [6.45, 7) is 0.398. The number of amides is 2. The van der Waals surface area contributed by atoms with Gasteiger partial charge in [0.1, 0.15) is 10.1 Å². The number of nitrogens with one attached hydrogen (secondary N) is 1. The lowest BCUT2D eigenvalue weighted by molar-refractivity contribution is -0.124. The van der Waals surface area contributed by atoms with Crippen LogP contribution in [0.5, 0.6) is 0 Å². The van der Waals surface area contributed by atoms with Gasteiger partial charge in [0, 0.05) is 30.5 Å². The zero-order chi connectivity index (χ0) is 17.8. The first-order chi connectivity index (χ1) is 12.0. The Morgan fingerprint density at radius 1 is 1.52 bits per heavy atom. The maximum Gasteiger partial charge on any atom is 0.266 e. The van der Waals surface area contributed by atoms with Crippen molar-refractivity contribution in [2.45, 2.75) is 25.0 Å². The molecule has 1 aromatic rings. The SMILES string of the molecule is O=C(CCCN1C(=O)/C(=C/c2ccco2)SC1=S)N[C@@H]1CSC[C@@H]1O. The number of carbonyl (C=O) groups is 2. The van der Waals surface area contributed by atoms with E-state index in [0.717, 1.165) is 5.75 Å². The molecule has 2 N–H and O–H groups in total. The van der Waals surface area contributed by atoms with Crippen LogP contribution in [-0.4, -0.2) is 56.3 Å². The zero-order valence-corrected chi connectivity index (χ0v) is 15.8. The minimum Gasteiger partial charge on any atom is -0.465 e. The molecule has 6 nitrogen and oxygen atoms in total. The van der Waals surface area contributed by atoms with Gasteiger partial charge < -0.3 is 14.8 Å². The van der Waals surface area contributed by atoms with Gasteiger partial charge in [0.25, 0.3) is 5.91 Å². The summed E-state index contributed by atoms with van der Waals surface area (Å²) >= 11 is 8.13. The van der Waals surface area contributed by atoms with Crippen LogP contribution in [0.1, 0.15) is 18.6 Å². The number of nitrogens with zero attached hydrogens (tertiary/aromatic N) is 1. The third-order valence-corrected chi connectivity index (χ3v) is 6.42. The first-order valence-electron chi connectivity index (χ1n) is 7.88. The van der Waals surface area contributed by atoms with Crippen LogP contribution < -0.4 is 5.32 Å². The average Bonchev–Trinajstić information content (AvgIpc) is 3.27. The number of carbonyl (C=O) groups excluding carboxylic acids is 2. The second kappa shape index (κ2) is 8.39. The van der Waals surface area contributed by atoms with Crippen LogP contribution in [0.2, 0.25) is 0 Å². The highest BCUT2D eigenvalue weighted by Crippen LogP contribution is 2.32. The van der Waals surface area contributed by atoms with Crippen molar-refractivity contribution in [2.24, 2.45) is 0 Å². The smallest absolute Gasteiger partial charge is 0.266 e. The van der Waals surface area contributed by atoms with E-state index < -0.39 is 6.10 Å². The maximum absolute atomic E-state index is 12.4. The third kappa shape index (κ3) is 4.66. The van der Waals surface area contributed by atoms with Crippen molar-refractivity contribution in [3.63, 3.8) is 0 Å². The fourth-order valence-corrected chi connectivity index (χ4v) is 5.01. The molecule has 9 heteroatoms. The normalized spacial score (nSPS) is 25.2. The lowest BCUT2D eigenvalue weighted by Gasteiger charge is -2.17. The Bertz CT molecular complexity index is 690. The molecule has 2 amide bonds. The summed E-state index contributed by atoms with van der Waals surface area (Å²) in [5.41, 5.74) is 0. The molecule has 0 aromatic carbocycles. The molecule has 134 valence electrons. The topological polar surface area (TPSA) is 82.8 Å². The van der Waals surface area contributed by atoms with E-state index in [9.17, 15) is 14.7 Å². The van der Waals surface area contributed by atoms with Crippen molar-refractivity contribution in [3.8, 4) is 0 Å². The minimum atomic E-state index is -0.479. The monoisotopic (exact) mass is 398 g/mol. The van der Waals surface area contributed by atoms with Gasteiger partial charge in [-0.15, -0.1) is 0 Å². The highest BCUT2D eigenvalue weighted by Gasteiger charge is 2.32. The summed E-state index contributed by atoms with van der Waals surface area (Å²) in [6.07, 6.45) is 3.55. The molecule has 3 heterocycles. The summed E-state index contributed by atoms with van der Waals surface area (Å²) in [5.74, 6) is 1.73. The molecular weight excluding hydrogens is 380 g/mol. The fraction of sp³-hybridized carbons (Fsp3) is 0.438. The van der Waals surface area contributed by atoms with Crippen LogP contribution in [-0.2, 0) is 9.59 Å². The van der Waals surface area contributed by atoms with E-state index in [2.05, 4.69) is 5.32 Å². The highest BCUT2D eigenvalue weighted by atomic mass is 32.2. The molecule has 3 rings (SSSR count). The lowest BCUT2D eigenvalue weighted by Crippen LogP contribution is -2.42. The molecule has 25 heavy (non-hydrogen) atoms.